The Morgan fingerprint density at radius 2 is 2.16 bits per heavy atom. The highest BCUT2D eigenvalue weighted by Crippen LogP contribution is 2.19. The number of thiophene rings is 1. The summed E-state index contributed by atoms with van der Waals surface area (Å²) in [5, 5.41) is 1.75. The number of rotatable bonds is 5. The molecule has 2 aromatic rings. The summed E-state index contributed by atoms with van der Waals surface area (Å²) < 4.78 is 26.9. The normalized spacial score (nSPS) is 11.7. The van der Waals surface area contributed by atoms with Gasteiger partial charge < -0.3 is 5.73 Å². The second kappa shape index (κ2) is 5.79. The molecule has 0 spiro atoms. The fourth-order valence-corrected chi connectivity index (χ4v) is 3.74. The minimum atomic E-state index is -3.47. The molecule has 7 heteroatoms. The Morgan fingerprint density at radius 1 is 1.37 bits per heavy atom. The van der Waals surface area contributed by atoms with Gasteiger partial charge in [-0.25, -0.2) is 13.1 Å². The van der Waals surface area contributed by atoms with Crippen LogP contribution in [-0.2, 0) is 23.1 Å². The molecule has 0 aliphatic rings. The zero-order chi connectivity index (χ0) is 13.9. The first-order valence-electron chi connectivity index (χ1n) is 5.70. The lowest BCUT2D eigenvalue weighted by atomic mass is 10.2. The number of pyridine rings is 1. The molecule has 19 heavy (non-hydrogen) atoms. The zero-order valence-electron chi connectivity index (χ0n) is 10.5. The topological polar surface area (TPSA) is 85.1 Å². The fourth-order valence-electron chi connectivity index (χ4n) is 1.45. The summed E-state index contributed by atoms with van der Waals surface area (Å²) in [4.78, 5) is 4.12. The molecule has 0 aromatic carbocycles. The van der Waals surface area contributed by atoms with Crippen molar-refractivity contribution >= 4 is 21.4 Å². The van der Waals surface area contributed by atoms with Crippen LogP contribution in [0.15, 0.2) is 34.0 Å². The van der Waals surface area contributed by atoms with E-state index in [-0.39, 0.29) is 10.8 Å². The highest BCUT2D eigenvalue weighted by atomic mass is 32.2. The molecule has 2 rings (SSSR count). The third-order valence-electron chi connectivity index (χ3n) is 2.57. The molecule has 0 bridgehead atoms. The van der Waals surface area contributed by atoms with Crippen LogP contribution in [-0.4, -0.2) is 13.4 Å². The molecule has 0 atom stereocenters. The van der Waals surface area contributed by atoms with Gasteiger partial charge >= 0.3 is 0 Å². The lowest BCUT2D eigenvalue weighted by Crippen LogP contribution is -2.22. The fraction of sp³-hybridized carbons (Fsp3) is 0.250. The predicted molar refractivity (Wildman–Crippen MR) is 75.2 cm³/mol. The summed E-state index contributed by atoms with van der Waals surface area (Å²) >= 11 is 1.17. The van der Waals surface area contributed by atoms with Crippen LogP contribution in [0.1, 0.15) is 16.8 Å². The first kappa shape index (κ1) is 14.1. The van der Waals surface area contributed by atoms with Gasteiger partial charge in [0.1, 0.15) is 4.21 Å². The number of sulfonamides is 1. The first-order chi connectivity index (χ1) is 9.01. The molecule has 0 saturated heterocycles. The number of aromatic nitrogens is 1. The van der Waals surface area contributed by atoms with Crippen LogP contribution in [0.2, 0.25) is 0 Å². The molecule has 0 unspecified atom stereocenters. The number of hydrogen-bond donors (Lipinski definition) is 2. The van der Waals surface area contributed by atoms with Gasteiger partial charge in [0.05, 0.1) is 0 Å². The number of nitrogens with zero attached hydrogens (tertiary/aromatic N) is 1. The van der Waals surface area contributed by atoms with Crippen LogP contribution in [0.5, 0.6) is 0 Å². The van der Waals surface area contributed by atoms with Gasteiger partial charge in [-0.1, -0.05) is 6.07 Å². The van der Waals surface area contributed by atoms with Crippen molar-refractivity contribution < 1.29 is 8.42 Å². The summed E-state index contributed by atoms with van der Waals surface area (Å²) in [5.41, 5.74) is 8.01. The predicted octanol–water partition coefficient (Wildman–Crippen LogP) is 1.39. The Labute approximate surface area is 116 Å². The van der Waals surface area contributed by atoms with E-state index in [0.29, 0.717) is 6.54 Å². The van der Waals surface area contributed by atoms with E-state index < -0.39 is 10.0 Å². The summed E-state index contributed by atoms with van der Waals surface area (Å²) in [5.74, 6) is 0. The average Bonchev–Trinajstić information content (AvgIpc) is 2.88. The Morgan fingerprint density at radius 3 is 2.74 bits per heavy atom. The second-order valence-electron chi connectivity index (χ2n) is 4.11. The molecule has 0 aliphatic carbocycles. The molecule has 0 radical (unpaired) electrons. The molecule has 5 nitrogen and oxygen atoms in total. The van der Waals surface area contributed by atoms with Gasteiger partial charge in [0, 0.05) is 25.0 Å². The van der Waals surface area contributed by atoms with Crippen molar-refractivity contribution in [2.75, 3.05) is 0 Å². The number of aryl methyl sites for hydroxylation is 1. The van der Waals surface area contributed by atoms with Crippen LogP contribution < -0.4 is 10.5 Å². The average molecular weight is 297 g/mol. The number of hydrogen-bond acceptors (Lipinski definition) is 5. The largest absolute Gasteiger partial charge is 0.326 e. The van der Waals surface area contributed by atoms with E-state index in [1.807, 2.05) is 19.1 Å². The van der Waals surface area contributed by atoms with E-state index in [1.54, 1.807) is 17.6 Å². The molecule has 0 fully saturated rings. The molecule has 102 valence electrons. The van der Waals surface area contributed by atoms with Crippen molar-refractivity contribution in [3.05, 3.63) is 46.6 Å². The van der Waals surface area contributed by atoms with Crippen LogP contribution in [0.4, 0.5) is 0 Å². The molecule has 2 heterocycles. The maximum absolute atomic E-state index is 12.0. The lowest BCUT2D eigenvalue weighted by Gasteiger charge is -2.04. The van der Waals surface area contributed by atoms with Crippen LogP contribution in [0.3, 0.4) is 0 Å². The smallest absolute Gasteiger partial charge is 0.250 e. The van der Waals surface area contributed by atoms with E-state index in [4.69, 9.17) is 5.73 Å². The molecule has 0 aliphatic heterocycles. The van der Waals surface area contributed by atoms with Gasteiger partial charge in [0.15, 0.2) is 0 Å². The lowest BCUT2D eigenvalue weighted by molar-refractivity contribution is 0.583. The van der Waals surface area contributed by atoms with E-state index in [0.717, 1.165) is 16.8 Å². The molecular weight excluding hydrogens is 282 g/mol. The molecule has 0 saturated carbocycles. The molecule has 3 N–H and O–H groups in total. The standard InChI is InChI=1S/C12H15N3O2S2/c1-9-2-3-10(6-14-9)7-15-19(16,17)12-4-11(5-13)8-18-12/h2-4,6,8,15H,5,7,13H2,1H3. The van der Waals surface area contributed by atoms with E-state index in [1.165, 1.54) is 11.3 Å². The van der Waals surface area contributed by atoms with Gasteiger partial charge in [-0.05, 0) is 35.6 Å². The van der Waals surface area contributed by atoms with Crippen LogP contribution in [0, 0.1) is 6.92 Å². The van der Waals surface area contributed by atoms with Gasteiger partial charge in [0.25, 0.3) is 0 Å². The highest BCUT2D eigenvalue weighted by molar-refractivity contribution is 7.91. The van der Waals surface area contributed by atoms with E-state index >= 15 is 0 Å². The number of nitrogens with one attached hydrogen (secondary N) is 1. The maximum Gasteiger partial charge on any atom is 0.250 e. The van der Waals surface area contributed by atoms with Crippen molar-refractivity contribution in [1.29, 1.82) is 0 Å². The molecule has 0 amide bonds. The van der Waals surface area contributed by atoms with Crippen molar-refractivity contribution in [3.8, 4) is 0 Å². The third kappa shape index (κ3) is 3.60. The van der Waals surface area contributed by atoms with Crippen molar-refractivity contribution in [3.63, 3.8) is 0 Å². The van der Waals surface area contributed by atoms with Gasteiger partial charge in [-0.3, -0.25) is 4.98 Å². The van der Waals surface area contributed by atoms with Gasteiger partial charge in [-0.2, -0.15) is 0 Å². The van der Waals surface area contributed by atoms with E-state index in [2.05, 4.69) is 9.71 Å². The van der Waals surface area contributed by atoms with Crippen LogP contribution >= 0.6 is 11.3 Å². The highest BCUT2D eigenvalue weighted by Gasteiger charge is 2.16. The minimum Gasteiger partial charge on any atom is -0.326 e. The Hall–Kier alpha value is -1.28. The Balaban J connectivity index is 2.07. The monoisotopic (exact) mass is 297 g/mol. The van der Waals surface area contributed by atoms with Crippen molar-refractivity contribution in [1.82, 2.24) is 9.71 Å². The molecule has 2 aromatic heterocycles. The Kier molecular flexibility index (Phi) is 4.31. The van der Waals surface area contributed by atoms with Gasteiger partial charge in [-0.15, -0.1) is 11.3 Å². The Bertz CT molecular complexity index is 648. The summed E-state index contributed by atoms with van der Waals surface area (Å²) in [6.07, 6.45) is 1.66. The van der Waals surface area contributed by atoms with Gasteiger partial charge in [0.2, 0.25) is 10.0 Å². The SMILES string of the molecule is Cc1ccc(CNS(=O)(=O)c2cc(CN)cs2)cn1. The van der Waals surface area contributed by atoms with Crippen molar-refractivity contribution in [2.45, 2.75) is 24.2 Å². The van der Waals surface area contributed by atoms with Crippen molar-refractivity contribution in [2.24, 2.45) is 5.73 Å². The zero-order valence-corrected chi connectivity index (χ0v) is 12.1. The minimum absolute atomic E-state index is 0.228. The number of nitrogens with two attached hydrogens (primary N) is 1. The summed E-state index contributed by atoms with van der Waals surface area (Å²) in [7, 11) is -3.47. The first-order valence-corrected chi connectivity index (χ1v) is 8.06. The van der Waals surface area contributed by atoms with Crippen LogP contribution in [0.25, 0.3) is 0 Å². The second-order valence-corrected chi connectivity index (χ2v) is 7.02. The summed E-state index contributed by atoms with van der Waals surface area (Å²) in [6.45, 7) is 2.45. The summed E-state index contributed by atoms with van der Waals surface area (Å²) in [6, 6.07) is 5.30. The third-order valence-corrected chi connectivity index (χ3v) is 5.46. The quantitative estimate of drug-likeness (QED) is 0.873. The van der Waals surface area contributed by atoms with E-state index in [9.17, 15) is 8.42 Å². The maximum atomic E-state index is 12.0. The molecular formula is C12H15N3O2S2.